The highest BCUT2D eigenvalue weighted by Gasteiger charge is 2.70. The summed E-state index contributed by atoms with van der Waals surface area (Å²) in [7, 11) is 1.50. The molecule has 0 aliphatic carbocycles. The van der Waals surface area contributed by atoms with Crippen molar-refractivity contribution in [2.45, 2.75) is 17.5 Å². The molecular formula is C34H25N3O6. The van der Waals surface area contributed by atoms with Gasteiger partial charge in [-0.2, -0.15) is 0 Å². The summed E-state index contributed by atoms with van der Waals surface area (Å²) in [6.45, 7) is 0. The lowest BCUT2D eigenvalue weighted by atomic mass is 9.64. The van der Waals surface area contributed by atoms with Crippen LogP contribution in [0.5, 0.6) is 5.75 Å². The first-order valence-corrected chi connectivity index (χ1v) is 13.8. The second-order valence-corrected chi connectivity index (χ2v) is 10.8. The van der Waals surface area contributed by atoms with Crippen LogP contribution in [0, 0.1) is 16.0 Å². The number of non-ortho nitro benzene ring substituents is 1. The number of fused-ring (bicyclic) bond motifs is 6. The fraction of sp³-hybridized carbons (Fsp3) is 0.147. The number of ether oxygens (including phenoxy) is 1. The van der Waals surface area contributed by atoms with Crippen LogP contribution in [-0.4, -0.2) is 41.6 Å². The van der Waals surface area contributed by atoms with Crippen molar-refractivity contribution in [2.75, 3.05) is 17.3 Å². The van der Waals surface area contributed by atoms with E-state index in [1.807, 2.05) is 59.5 Å². The molecule has 1 saturated heterocycles. The van der Waals surface area contributed by atoms with Crippen molar-refractivity contribution in [2.24, 2.45) is 5.92 Å². The molecule has 4 aromatic carbocycles. The first kappa shape index (κ1) is 26.3. The maximum Gasteiger partial charge on any atom is 0.269 e. The first-order chi connectivity index (χ1) is 20.9. The fourth-order valence-electron chi connectivity index (χ4n) is 6.99. The smallest absolute Gasteiger partial charge is 0.269 e. The Morgan fingerprint density at radius 3 is 2.42 bits per heavy atom. The summed E-state index contributed by atoms with van der Waals surface area (Å²) in [5, 5.41) is 14.3. The van der Waals surface area contributed by atoms with Crippen LogP contribution in [0.25, 0.3) is 6.08 Å². The Kier molecular flexibility index (Phi) is 5.98. The summed E-state index contributed by atoms with van der Waals surface area (Å²) in [6.07, 6.45) is 3.83. The van der Waals surface area contributed by atoms with Crippen molar-refractivity contribution in [1.82, 2.24) is 0 Å². The number of carbonyl (C=O) groups is 3. The largest absolute Gasteiger partial charge is 0.497 e. The van der Waals surface area contributed by atoms with Crippen molar-refractivity contribution in [3.8, 4) is 5.75 Å². The predicted molar refractivity (Wildman–Crippen MR) is 161 cm³/mol. The fourth-order valence-corrected chi connectivity index (χ4v) is 6.99. The minimum absolute atomic E-state index is 0.156. The Morgan fingerprint density at radius 1 is 0.907 bits per heavy atom. The van der Waals surface area contributed by atoms with E-state index in [1.165, 1.54) is 31.4 Å². The SMILES string of the molecule is COc1cccc(C(=O)[C@H]2[C@@H](C(=O)c3ccc([N+](=O)[O-])cc3)N3c4ccccc4C=C[C@@H]3[C@]23C(=O)Nc2ccccc23)c1. The van der Waals surface area contributed by atoms with E-state index in [0.29, 0.717) is 28.3 Å². The Hall–Kier alpha value is -5.57. The van der Waals surface area contributed by atoms with E-state index >= 15 is 0 Å². The third-order valence-electron chi connectivity index (χ3n) is 8.81. The van der Waals surface area contributed by atoms with E-state index in [0.717, 1.165) is 5.56 Å². The Labute approximate surface area is 246 Å². The molecule has 43 heavy (non-hydrogen) atoms. The highest BCUT2D eigenvalue weighted by atomic mass is 16.6. The molecule has 9 heteroatoms. The van der Waals surface area contributed by atoms with Crippen LogP contribution in [0.1, 0.15) is 31.8 Å². The van der Waals surface area contributed by atoms with Crippen LogP contribution in [0.2, 0.25) is 0 Å². The molecule has 1 spiro atoms. The normalized spacial score (nSPS) is 22.9. The van der Waals surface area contributed by atoms with Crippen LogP contribution in [0.3, 0.4) is 0 Å². The van der Waals surface area contributed by atoms with Gasteiger partial charge in [0.25, 0.3) is 5.69 Å². The van der Waals surface area contributed by atoms with Crippen molar-refractivity contribution < 1.29 is 24.0 Å². The molecule has 0 aromatic heterocycles. The average molecular weight is 572 g/mol. The van der Waals surface area contributed by atoms with Gasteiger partial charge in [-0.25, -0.2) is 0 Å². The lowest BCUT2D eigenvalue weighted by molar-refractivity contribution is -0.384. The van der Waals surface area contributed by atoms with E-state index in [-0.39, 0.29) is 22.9 Å². The number of rotatable bonds is 6. The summed E-state index contributed by atoms with van der Waals surface area (Å²) in [5.74, 6) is -1.86. The molecule has 1 fully saturated rings. The number of ketones is 2. The minimum Gasteiger partial charge on any atom is -0.497 e. The van der Waals surface area contributed by atoms with Crippen LogP contribution in [0.4, 0.5) is 17.1 Å². The zero-order chi connectivity index (χ0) is 29.9. The topological polar surface area (TPSA) is 119 Å². The quantitative estimate of drug-likeness (QED) is 0.185. The zero-order valence-electron chi connectivity index (χ0n) is 23.0. The van der Waals surface area contributed by atoms with E-state index in [1.54, 1.807) is 30.3 Å². The lowest BCUT2D eigenvalue weighted by Gasteiger charge is -2.37. The number of amides is 1. The number of nitro groups is 1. The predicted octanol–water partition coefficient (Wildman–Crippen LogP) is 5.46. The molecule has 9 nitrogen and oxygen atoms in total. The minimum atomic E-state index is -1.46. The number of nitro benzene ring substituents is 1. The molecule has 0 bridgehead atoms. The highest BCUT2D eigenvalue weighted by Crippen LogP contribution is 2.58. The summed E-state index contributed by atoms with van der Waals surface area (Å²) in [5.41, 5.74) is 1.68. The van der Waals surface area contributed by atoms with Crippen LogP contribution in [0.15, 0.2) is 103 Å². The van der Waals surface area contributed by atoms with E-state index in [4.69, 9.17) is 4.74 Å². The standard InChI is InChI=1S/C34H25N3O6/c1-43-24-9-6-8-22(19-24)31(38)29-30(32(39)21-13-16-23(17-14-21)37(41)42)36-27-12-5-2-7-20(27)15-18-28(36)34(29)25-10-3-4-11-26(25)35-33(34)40/h2-19,28-30H,1H3,(H,35,40)/t28-,29-,30+,34+/m1/s1. The second kappa shape index (κ2) is 9.77. The molecular weight excluding hydrogens is 546 g/mol. The number of methoxy groups -OCH3 is 1. The van der Waals surface area contributed by atoms with Gasteiger partial charge in [-0.1, -0.05) is 60.7 Å². The molecule has 3 aliphatic rings. The maximum atomic E-state index is 14.8. The number of carbonyl (C=O) groups excluding carboxylic acids is 3. The van der Waals surface area contributed by atoms with Gasteiger partial charge in [0.15, 0.2) is 11.6 Å². The number of para-hydroxylation sites is 2. The summed E-state index contributed by atoms with van der Waals surface area (Å²) in [6, 6.07) is 25.1. The number of Topliss-reactive ketones (excluding diaryl/α,β-unsaturated/α-hetero) is 2. The van der Waals surface area contributed by atoms with Gasteiger partial charge >= 0.3 is 0 Å². The van der Waals surface area contributed by atoms with E-state index in [9.17, 15) is 24.5 Å². The van der Waals surface area contributed by atoms with Gasteiger partial charge in [0.2, 0.25) is 5.91 Å². The van der Waals surface area contributed by atoms with Crippen molar-refractivity contribution in [1.29, 1.82) is 0 Å². The van der Waals surface area contributed by atoms with Crippen LogP contribution in [-0.2, 0) is 10.2 Å². The van der Waals surface area contributed by atoms with Gasteiger partial charge in [-0.05, 0) is 47.5 Å². The molecule has 0 radical (unpaired) electrons. The Balaban J connectivity index is 1.51. The molecule has 0 saturated carbocycles. The summed E-state index contributed by atoms with van der Waals surface area (Å²) < 4.78 is 5.40. The van der Waals surface area contributed by atoms with Gasteiger partial charge < -0.3 is 15.0 Å². The third-order valence-corrected chi connectivity index (χ3v) is 8.81. The highest BCUT2D eigenvalue weighted by molar-refractivity contribution is 6.18. The van der Waals surface area contributed by atoms with Crippen molar-refractivity contribution in [3.63, 3.8) is 0 Å². The van der Waals surface area contributed by atoms with E-state index in [2.05, 4.69) is 5.32 Å². The summed E-state index contributed by atoms with van der Waals surface area (Å²) >= 11 is 0. The Bertz CT molecular complexity index is 1870. The molecule has 7 rings (SSSR count). The number of hydrogen-bond acceptors (Lipinski definition) is 7. The molecule has 1 amide bonds. The second-order valence-electron chi connectivity index (χ2n) is 10.8. The molecule has 3 heterocycles. The number of benzene rings is 4. The van der Waals surface area contributed by atoms with Gasteiger partial charge in [0, 0.05) is 34.6 Å². The number of nitrogens with zero attached hydrogens (tertiary/aromatic N) is 2. The molecule has 3 aliphatic heterocycles. The zero-order valence-corrected chi connectivity index (χ0v) is 23.0. The summed E-state index contributed by atoms with van der Waals surface area (Å²) in [4.78, 5) is 56.6. The van der Waals surface area contributed by atoms with Gasteiger partial charge in [-0.15, -0.1) is 0 Å². The molecule has 1 N–H and O–H groups in total. The van der Waals surface area contributed by atoms with Gasteiger partial charge in [0.1, 0.15) is 17.2 Å². The van der Waals surface area contributed by atoms with Crippen molar-refractivity contribution >= 4 is 40.6 Å². The lowest BCUT2D eigenvalue weighted by Crippen LogP contribution is -2.51. The number of hydrogen-bond donors (Lipinski definition) is 1. The first-order valence-electron chi connectivity index (χ1n) is 13.8. The molecule has 0 unspecified atom stereocenters. The average Bonchev–Trinajstić information content (AvgIpc) is 3.52. The number of anilines is 2. The monoisotopic (exact) mass is 571 g/mol. The maximum absolute atomic E-state index is 14.8. The van der Waals surface area contributed by atoms with Gasteiger partial charge in [-0.3, -0.25) is 24.5 Å². The third kappa shape index (κ3) is 3.74. The number of nitrogens with one attached hydrogen (secondary N) is 1. The van der Waals surface area contributed by atoms with Gasteiger partial charge in [0.05, 0.1) is 24.0 Å². The molecule has 212 valence electrons. The van der Waals surface area contributed by atoms with Crippen molar-refractivity contribution in [3.05, 3.63) is 136 Å². The Morgan fingerprint density at radius 2 is 1.65 bits per heavy atom. The van der Waals surface area contributed by atoms with Crippen LogP contribution < -0.4 is 15.0 Å². The van der Waals surface area contributed by atoms with E-state index < -0.39 is 34.1 Å². The molecule has 4 atom stereocenters. The van der Waals surface area contributed by atoms with Crippen LogP contribution >= 0.6 is 0 Å². The molecule has 4 aromatic rings.